The molecule has 3 aromatic heterocycles. The van der Waals surface area contributed by atoms with Crippen molar-refractivity contribution in [1.82, 2.24) is 15.0 Å². The van der Waals surface area contributed by atoms with Crippen LogP contribution in [0.15, 0.2) is 59.5 Å². The molecule has 1 aliphatic rings. The summed E-state index contributed by atoms with van der Waals surface area (Å²) in [5, 5.41) is 0.941. The molecule has 0 spiro atoms. The van der Waals surface area contributed by atoms with Crippen molar-refractivity contribution in [2.75, 3.05) is 0 Å². The predicted octanol–water partition coefficient (Wildman–Crippen LogP) is 5.29. The zero-order valence-electron chi connectivity index (χ0n) is 16.5. The van der Waals surface area contributed by atoms with Gasteiger partial charge in [0.05, 0.1) is 23.8 Å². The second-order valence-corrected chi connectivity index (χ2v) is 8.01. The van der Waals surface area contributed by atoms with E-state index < -0.39 is 0 Å². The summed E-state index contributed by atoms with van der Waals surface area (Å²) in [4.78, 5) is 25.4. The second-order valence-electron chi connectivity index (χ2n) is 7.62. The Kier molecular flexibility index (Phi) is 4.85. The third kappa shape index (κ3) is 3.74. The maximum Gasteiger partial charge on any atom is 0.196 e. The van der Waals surface area contributed by atoms with Crippen LogP contribution >= 0.6 is 11.6 Å². The number of nitrogens with one attached hydrogen (secondary N) is 1. The number of hydrogen-bond donors (Lipinski definition) is 1. The van der Waals surface area contributed by atoms with E-state index in [9.17, 15) is 4.79 Å². The minimum absolute atomic E-state index is 0.0605. The van der Waals surface area contributed by atoms with Crippen LogP contribution in [-0.4, -0.2) is 21.1 Å². The Hall–Kier alpha value is -3.02. The van der Waals surface area contributed by atoms with E-state index in [1.807, 2.05) is 49.4 Å². The van der Waals surface area contributed by atoms with Crippen LogP contribution in [0.5, 0.6) is 0 Å². The average Bonchev–Trinajstić information content (AvgIpc) is 3.57. The number of halogens is 1. The SMILES string of the molecule is Cc1cc(-c2cc3c(=O)c(COC4CC4)c[nH]c3nc2-c2ccccc2)cc(Cl)n1. The van der Waals surface area contributed by atoms with Crippen molar-refractivity contribution in [3.63, 3.8) is 0 Å². The Labute approximate surface area is 178 Å². The highest BCUT2D eigenvalue weighted by molar-refractivity contribution is 6.29. The summed E-state index contributed by atoms with van der Waals surface area (Å²) in [7, 11) is 0. The molecule has 150 valence electrons. The molecule has 1 N–H and O–H groups in total. The number of aromatic nitrogens is 3. The zero-order chi connectivity index (χ0) is 20.7. The first kappa shape index (κ1) is 19.0. The molecule has 1 saturated carbocycles. The van der Waals surface area contributed by atoms with Crippen LogP contribution in [0.1, 0.15) is 24.1 Å². The first-order valence-corrected chi connectivity index (χ1v) is 10.3. The van der Waals surface area contributed by atoms with Gasteiger partial charge in [-0.05, 0) is 43.5 Å². The third-order valence-electron chi connectivity index (χ3n) is 5.22. The van der Waals surface area contributed by atoms with Crippen molar-refractivity contribution in [3.8, 4) is 22.4 Å². The summed E-state index contributed by atoms with van der Waals surface area (Å²) in [5.74, 6) is 0. The van der Waals surface area contributed by atoms with E-state index in [0.717, 1.165) is 40.9 Å². The number of nitrogens with zero attached hydrogens (tertiary/aromatic N) is 2. The maximum absolute atomic E-state index is 13.1. The van der Waals surface area contributed by atoms with Crippen LogP contribution in [0, 0.1) is 6.92 Å². The summed E-state index contributed by atoms with van der Waals surface area (Å²) in [5.41, 5.74) is 5.36. The van der Waals surface area contributed by atoms with Crippen LogP contribution in [-0.2, 0) is 11.3 Å². The van der Waals surface area contributed by atoms with E-state index in [1.165, 1.54) is 0 Å². The van der Waals surface area contributed by atoms with Crippen LogP contribution in [0.25, 0.3) is 33.4 Å². The highest BCUT2D eigenvalue weighted by Crippen LogP contribution is 2.33. The fraction of sp³-hybridized carbons (Fsp3) is 0.208. The van der Waals surface area contributed by atoms with Gasteiger partial charge in [0.2, 0.25) is 0 Å². The smallest absolute Gasteiger partial charge is 0.196 e. The van der Waals surface area contributed by atoms with Crippen molar-refractivity contribution >= 4 is 22.6 Å². The Morgan fingerprint density at radius 1 is 1.10 bits per heavy atom. The molecule has 1 aromatic carbocycles. The molecule has 30 heavy (non-hydrogen) atoms. The Bertz CT molecular complexity index is 1280. The first-order chi connectivity index (χ1) is 14.6. The summed E-state index contributed by atoms with van der Waals surface area (Å²) >= 11 is 6.23. The number of aryl methyl sites for hydroxylation is 1. The van der Waals surface area contributed by atoms with Crippen molar-refractivity contribution in [2.45, 2.75) is 32.5 Å². The summed E-state index contributed by atoms with van der Waals surface area (Å²) in [6.45, 7) is 2.21. The van der Waals surface area contributed by atoms with E-state index in [0.29, 0.717) is 28.4 Å². The van der Waals surface area contributed by atoms with Gasteiger partial charge < -0.3 is 9.72 Å². The fourth-order valence-corrected chi connectivity index (χ4v) is 3.81. The highest BCUT2D eigenvalue weighted by Gasteiger charge is 2.23. The van der Waals surface area contributed by atoms with E-state index in [-0.39, 0.29) is 11.5 Å². The number of ether oxygens (including phenoxy) is 1. The largest absolute Gasteiger partial charge is 0.373 e. The third-order valence-corrected chi connectivity index (χ3v) is 5.41. The van der Waals surface area contributed by atoms with E-state index >= 15 is 0 Å². The van der Waals surface area contributed by atoms with Gasteiger partial charge in [-0.15, -0.1) is 0 Å². The van der Waals surface area contributed by atoms with Gasteiger partial charge in [0.1, 0.15) is 10.8 Å². The molecule has 1 fully saturated rings. The number of H-pyrrole nitrogens is 1. The molecular formula is C24H20ClN3O2. The van der Waals surface area contributed by atoms with Gasteiger partial charge in [-0.1, -0.05) is 41.9 Å². The number of fused-ring (bicyclic) bond motifs is 1. The van der Waals surface area contributed by atoms with Crippen molar-refractivity contribution < 1.29 is 4.74 Å². The first-order valence-electron chi connectivity index (χ1n) is 9.95. The molecule has 3 heterocycles. The molecule has 5 rings (SSSR count). The lowest BCUT2D eigenvalue weighted by Gasteiger charge is -2.13. The number of rotatable bonds is 5. The van der Waals surface area contributed by atoms with Gasteiger partial charge in [-0.25, -0.2) is 9.97 Å². The highest BCUT2D eigenvalue weighted by atomic mass is 35.5. The molecule has 0 radical (unpaired) electrons. The van der Waals surface area contributed by atoms with E-state index in [2.05, 4.69) is 9.97 Å². The van der Waals surface area contributed by atoms with Gasteiger partial charge in [0, 0.05) is 28.6 Å². The van der Waals surface area contributed by atoms with Crippen molar-refractivity contribution in [2.24, 2.45) is 0 Å². The van der Waals surface area contributed by atoms with Gasteiger partial charge >= 0.3 is 0 Å². The Morgan fingerprint density at radius 2 is 1.90 bits per heavy atom. The summed E-state index contributed by atoms with van der Waals surface area (Å²) in [6, 6.07) is 15.6. The number of benzene rings is 1. The second kappa shape index (κ2) is 7.67. The van der Waals surface area contributed by atoms with Gasteiger partial charge in [-0.2, -0.15) is 0 Å². The average molecular weight is 418 g/mol. The normalized spacial score (nSPS) is 13.7. The quantitative estimate of drug-likeness (QED) is 0.448. The molecule has 6 heteroatoms. The maximum atomic E-state index is 13.1. The molecule has 5 nitrogen and oxygen atoms in total. The molecule has 0 amide bonds. The number of hydrogen-bond acceptors (Lipinski definition) is 4. The van der Waals surface area contributed by atoms with E-state index in [4.69, 9.17) is 21.3 Å². The number of pyridine rings is 3. The van der Waals surface area contributed by atoms with Crippen LogP contribution in [0.3, 0.4) is 0 Å². The molecule has 0 bridgehead atoms. The lowest BCUT2D eigenvalue weighted by Crippen LogP contribution is -2.13. The summed E-state index contributed by atoms with van der Waals surface area (Å²) in [6.07, 6.45) is 4.14. The van der Waals surface area contributed by atoms with Gasteiger partial charge in [-0.3, -0.25) is 4.79 Å². The lowest BCUT2D eigenvalue weighted by molar-refractivity contribution is 0.105. The van der Waals surface area contributed by atoms with E-state index in [1.54, 1.807) is 12.3 Å². The van der Waals surface area contributed by atoms with Gasteiger partial charge in [0.15, 0.2) is 5.43 Å². The Balaban J connectivity index is 1.72. The minimum Gasteiger partial charge on any atom is -0.373 e. The van der Waals surface area contributed by atoms with Crippen LogP contribution in [0.2, 0.25) is 5.15 Å². The van der Waals surface area contributed by atoms with Crippen molar-refractivity contribution in [3.05, 3.63) is 81.4 Å². The van der Waals surface area contributed by atoms with Crippen molar-refractivity contribution in [1.29, 1.82) is 0 Å². The molecule has 4 aromatic rings. The van der Waals surface area contributed by atoms with Crippen LogP contribution in [0.4, 0.5) is 0 Å². The standard InChI is InChI=1S/C24H20ClN3O2/c1-14-9-16(10-21(25)27-14)19-11-20-23(29)17(13-30-18-7-8-18)12-26-24(20)28-22(19)15-5-3-2-4-6-15/h2-6,9-12,18H,7-8,13H2,1H3,(H,26,28,29). The zero-order valence-corrected chi connectivity index (χ0v) is 17.2. The number of aromatic amines is 1. The minimum atomic E-state index is -0.0605. The predicted molar refractivity (Wildman–Crippen MR) is 119 cm³/mol. The molecule has 0 aliphatic heterocycles. The molecular weight excluding hydrogens is 398 g/mol. The topological polar surface area (TPSA) is 67.9 Å². The molecule has 0 atom stereocenters. The Morgan fingerprint density at radius 3 is 2.63 bits per heavy atom. The fourth-order valence-electron chi connectivity index (χ4n) is 3.56. The van der Waals surface area contributed by atoms with Crippen LogP contribution < -0.4 is 5.43 Å². The molecule has 0 unspecified atom stereocenters. The lowest BCUT2D eigenvalue weighted by atomic mass is 9.98. The van der Waals surface area contributed by atoms with Gasteiger partial charge in [0.25, 0.3) is 0 Å². The molecule has 0 saturated heterocycles. The molecule has 1 aliphatic carbocycles. The summed E-state index contributed by atoms with van der Waals surface area (Å²) < 4.78 is 5.74. The monoisotopic (exact) mass is 417 g/mol.